The Labute approximate surface area is 335 Å². The Morgan fingerprint density at radius 1 is 0.804 bits per heavy atom. The molecule has 7 aromatic rings. The summed E-state index contributed by atoms with van der Waals surface area (Å²) >= 11 is 3.15. The lowest BCUT2D eigenvalue weighted by Crippen LogP contribution is -2.45. The van der Waals surface area contributed by atoms with Crippen LogP contribution in [0, 0.1) is 23.7 Å². The fourth-order valence-corrected chi connectivity index (χ4v) is 11.1. The van der Waals surface area contributed by atoms with Gasteiger partial charge in [-0.3, -0.25) is 5.32 Å². The Morgan fingerprint density at radius 3 is 2.27 bits per heavy atom. The Kier molecular flexibility index (Phi) is 8.58. The Hall–Kier alpha value is -5.53. The molecule has 11 heteroatoms. The van der Waals surface area contributed by atoms with Crippen molar-refractivity contribution in [1.29, 1.82) is 5.26 Å². The highest BCUT2D eigenvalue weighted by Gasteiger charge is 2.33. The van der Waals surface area contributed by atoms with E-state index in [2.05, 4.69) is 86.0 Å². The van der Waals surface area contributed by atoms with Gasteiger partial charge in [0, 0.05) is 57.9 Å². The van der Waals surface area contributed by atoms with Crippen molar-refractivity contribution < 1.29 is 15.3 Å². The van der Waals surface area contributed by atoms with E-state index in [1.54, 1.807) is 23.5 Å². The van der Waals surface area contributed by atoms with Crippen LogP contribution in [0.25, 0.3) is 51.5 Å². The van der Waals surface area contributed by atoms with Gasteiger partial charge in [-0.2, -0.15) is 5.26 Å². The lowest BCUT2D eigenvalue weighted by molar-refractivity contribution is 0.387. The molecule has 2 atom stereocenters. The number of hydrogen-bond acceptors (Lipinski definition) is 9. The van der Waals surface area contributed by atoms with Crippen LogP contribution < -0.4 is 21.6 Å². The molecule has 1 aliphatic carbocycles. The summed E-state index contributed by atoms with van der Waals surface area (Å²) < 4.78 is 3.74. The fraction of sp³-hybridized carbons (Fsp3) is 0.200. The highest BCUT2D eigenvalue weighted by molar-refractivity contribution is 7.28. The standard InChI is InChI=1S/C45H40B2N4O3S2/c1-21-30(44-50-42(23-14-12-22(20-48)13-15-23)49-43(51-44)24-16-18-25(19-17-24)45(2,3)4)38(54)41-33(36(21)52)32-34(46)37(53)31(35(47)40(32)56-41)28-10-7-9-27-26-8-5-6-11-29(26)55-39(27)28/h5-16,18,42,44,50,52-54H,17,19,46-47H2,1-4H3,(H,49,51). The Balaban J connectivity index is 1.22. The maximum atomic E-state index is 12.4. The number of phenols is 3. The minimum absolute atomic E-state index is 0.0524. The van der Waals surface area contributed by atoms with Crippen LogP contribution in [0.4, 0.5) is 0 Å². The van der Waals surface area contributed by atoms with Crippen LogP contribution in [0.3, 0.4) is 0 Å². The average Bonchev–Trinajstić information content (AvgIpc) is 3.80. The number of thiophene rings is 2. The molecule has 2 unspecified atom stereocenters. The van der Waals surface area contributed by atoms with E-state index in [0.29, 0.717) is 32.2 Å². The number of aromatic hydroxyl groups is 3. The number of nitrogens with one attached hydrogen (secondary N) is 2. The third kappa shape index (κ3) is 5.61. The van der Waals surface area contributed by atoms with Crippen LogP contribution in [0.5, 0.6) is 17.2 Å². The fourth-order valence-electron chi connectivity index (χ4n) is 8.52. The number of amidine groups is 1. The van der Waals surface area contributed by atoms with Crippen LogP contribution in [-0.2, 0) is 0 Å². The number of allylic oxidation sites excluding steroid dienone is 3. The molecule has 2 aromatic heterocycles. The van der Waals surface area contributed by atoms with Crippen LogP contribution in [0.15, 0.2) is 95.0 Å². The number of phenolic OH excluding ortho intramolecular Hbond substituents is 3. The molecular weight excluding hydrogens is 730 g/mol. The number of fused-ring (bicyclic) bond motifs is 6. The molecule has 0 bridgehead atoms. The maximum absolute atomic E-state index is 12.4. The summed E-state index contributed by atoms with van der Waals surface area (Å²) in [6.07, 6.45) is 4.96. The van der Waals surface area contributed by atoms with E-state index in [9.17, 15) is 20.6 Å². The zero-order valence-electron chi connectivity index (χ0n) is 32.1. The topological polar surface area (TPSA) is 121 Å². The molecule has 0 saturated carbocycles. The van der Waals surface area contributed by atoms with Crippen molar-refractivity contribution >= 4 is 95.5 Å². The van der Waals surface area contributed by atoms with Crippen molar-refractivity contribution in [2.75, 3.05) is 0 Å². The number of hydrogen-bond donors (Lipinski definition) is 5. The minimum Gasteiger partial charge on any atom is -0.508 e. The highest BCUT2D eigenvalue weighted by atomic mass is 32.1. The molecule has 0 spiro atoms. The van der Waals surface area contributed by atoms with E-state index in [0.717, 1.165) is 66.6 Å². The quantitative estimate of drug-likeness (QED) is 0.0918. The van der Waals surface area contributed by atoms with Crippen molar-refractivity contribution in [3.63, 3.8) is 0 Å². The van der Waals surface area contributed by atoms with E-state index < -0.39 is 12.3 Å². The smallest absolute Gasteiger partial charge is 0.145 e. The summed E-state index contributed by atoms with van der Waals surface area (Å²) in [5.74, 6) is 1.00. The van der Waals surface area contributed by atoms with Gasteiger partial charge >= 0.3 is 0 Å². The van der Waals surface area contributed by atoms with Gasteiger partial charge < -0.3 is 20.6 Å². The molecule has 2 aliphatic rings. The molecule has 56 heavy (non-hydrogen) atoms. The highest BCUT2D eigenvalue weighted by Crippen LogP contribution is 2.51. The predicted molar refractivity (Wildman–Crippen MR) is 239 cm³/mol. The first-order valence-corrected chi connectivity index (χ1v) is 20.5. The van der Waals surface area contributed by atoms with Crippen LogP contribution >= 0.6 is 22.7 Å². The summed E-state index contributed by atoms with van der Waals surface area (Å²) in [6.45, 7) is 8.51. The van der Waals surface area contributed by atoms with Gasteiger partial charge in [0.1, 0.15) is 51.1 Å². The van der Waals surface area contributed by atoms with Gasteiger partial charge in [0.25, 0.3) is 0 Å². The second-order valence-corrected chi connectivity index (χ2v) is 18.1. The number of rotatable bonds is 4. The van der Waals surface area contributed by atoms with Crippen molar-refractivity contribution in [2.45, 2.75) is 52.9 Å². The molecule has 0 radical (unpaired) electrons. The van der Waals surface area contributed by atoms with Gasteiger partial charge in [0.05, 0.1) is 16.3 Å². The normalized spacial score (nSPS) is 17.5. The molecule has 7 nitrogen and oxygen atoms in total. The summed E-state index contributed by atoms with van der Waals surface area (Å²) in [5, 5.41) is 56.8. The lowest BCUT2D eigenvalue weighted by atomic mass is 9.78. The first-order valence-electron chi connectivity index (χ1n) is 18.9. The largest absolute Gasteiger partial charge is 0.508 e. The monoisotopic (exact) mass is 770 g/mol. The molecule has 0 saturated heterocycles. The number of nitriles is 1. The first kappa shape index (κ1) is 36.1. The molecule has 9 rings (SSSR count). The van der Waals surface area contributed by atoms with E-state index in [1.807, 2.05) is 40.8 Å². The molecule has 3 heterocycles. The van der Waals surface area contributed by atoms with E-state index in [-0.39, 0.29) is 22.7 Å². The third-order valence-corrected chi connectivity index (χ3v) is 14.2. The van der Waals surface area contributed by atoms with Crippen molar-refractivity contribution in [3.8, 4) is 34.4 Å². The second-order valence-electron chi connectivity index (χ2n) is 16.0. The predicted octanol–water partition coefficient (Wildman–Crippen LogP) is 7.88. The zero-order chi connectivity index (χ0) is 39.2. The van der Waals surface area contributed by atoms with Crippen LogP contribution in [0.2, 0.25) is 0 Å². The summed E-state index contributed by atoms with van der Waals surface area (Å²) in [6, 6.07) is 24.3. The Bertz CT molecular complexity index is 2950. The first-order chi connectivity index (χ1) is 26.8. The molecule has 5 N–H and O–H groups in total. The molecule has 5 aromatic carbocycles. The Morgan fingerprint density at radius 2 is 1.55 bits per heavy atom. The molecule has 0 amide bonds. The molecule has 0 fully saturated rings. The van der Waals surface area contributed by atoms with Gasteiger partial charge in [-0.15, -0.1) is 22.7 Å². The summed E-state index contributed by atoms with van der Waals surface area (Å²) in [7, 11) is 3.91. The van der Waals surface area contributed by atoms with Gasteiger partial charge in [0.2, 0.25) is 0 Å². The van der Waals surface area contributed by atoms with Gasteiger partial charge in [-0.1, -0.05) is 92.5 Å². The summed E-state index contributed by atoms with van der Waals surface area (Å²) in [4.78, 5) is 5.19. The summed E-state index contributed by atoms with van der Waals surface area (Å²) in [5.41, 5.74) is 8.27. The maximum Gasteiger partial charge on any atom is 0.145 e. The SMILES string of the molecule is Bc1c(-c2cccc3c2sc2ccccc23)c(O)c(B)c2c1sc1c(O)c(C3N=C(C4=CC=C(C(C)(C)C)CC4)NC(c4ccc(C#N)cc4)N3)c(C)c(O)c12. The van der Waals surface area contributed by atoms with Crippen molar-refractivity contribution in [3.05, 3.63) is 112 Å². The van der Waals surface area contributed by atoms with Crippen molar-refractivity contribution in [2.24, 2.45) is 10.4 Å². The van der Waals surface area contributed by atoms with Crippen LogP contribution in [0.1, 0.15) is 68.2 Å². The minimum atomic E-state index is -0.710. The number of aliphatic imine (C=N–C) groups is 1. The van der Waals surface area contributed by atoms with E-state index in [1.165, 1.54) is 27.0 Å². The number of benzene rings is 5. The second kappa shape index (κ2) is 13.3. The van der Waals surface area contributed by atoms with Gasteiger partial charge in [-0.25, -0.2) is 4.99 Å². The van der Waals surface area contributed by atoms with Gasteiger partial charge in [0.15, 0.2) is 0 Å². The van der Waals surface area contributed by atoms with Crippen molar-refractivity contribution in [1.82, 2.24) is 10.6 Å². The molecular formula is C45H40B2N4O3S2. The third-order valence-electron chi connectivity index (χ3n) is 11.7. The van der Waals surface area contributed by atoms with Gasteiger partial charge in [-0.05, 0) is 60.0 Å². The molecule has 1 aliphatic heterocycles. The van der Waals surface area contributed by atoms with E-state index >= 15 is 0 Å². The van der Waals surface area contributed by atoms with Crippen LogP contribution in [-0.4, -0.2) is 36.8 Å². The molecule has 276 valence electrons. The lowest BCUT2D eigenvalue weighted by Gasteiger charge is -2.34. The average molecular weight is 771 g/mol. The zero-order valence-corrected chi connectivity index (χ0v) is 33.8. The number of nitrogens with zero attached hydrogens (tertiary/aromatic N) is 2. The van der Waals surface area contributed by atoms with E-state index in [4.69, 9.17) is 4.99 Å².